The highest BCUT2D eigenvalue weighted by atomic mass is 15.0. The highest BCUT2D eigenvalue weighted by Crippen LogP contribution is 2.40. The van der Waals surface area contributed by atoms with Crippen LogP contribution in [0.15, 0.2) is 60.7 Å². The predicted molar refractivity (Wildman–Crippen MR) is 180 cm³/mol. The van der Waals surface area contributed by atoms with Gasteiger partial charge in [-0.05, 0) is 90.9 Å². The highest BCUT2D eigenvalue weighted by Gasteiger charge is 2.23. The second-order valence-electron chi connectivity index (χ2n) is 11.5. The third kappa shape index (κ3) is 5.38. The van der Waals surface area contributed by atoms with Crippen LogP contribution in [0.2, 0.25) is 0 Å². The van der Waals surface area contributed by atoms with Gasteiger partial charge in [-0.25, -0.2) is 9.97 Å². The van der Waals surface area contributed by atoms with Crippen molar-refractivity contribution in [3.05, 3.63) is 94.6 Å². The van der Waals surface area contributed by atoms with Crippen molar-refractivity contribution in [3.8, 4) is 11.1 Å². The summed E-state index contributed by atoms with van der Waals surface area (Å²) < 4.78 is 2.60. The summed E-state index contributed by atoms with van der Waals surface area (Å²) in [5.74, 6) is 0. The minimum atomic E-state index is 0.949. The van der Waals surface area contributed by atoms with E-state index in [-0.39, 0.29) is 0 Å². The number of aromatic amines is 1. The summed E-state index contributed by atoms with van der Waals surface area (Å²) in [6, 6.07) is 21.9. The molecule has 6 rings (SSSR count). The highest BCUT2D eigenvalue weighted by molar-refractivity contribution is 5.95. The molecule has 1 aromatic carbocycles. The smallest absolute Gasteiger partial charge is 0.0722 e. The van der Waals surface area contributed by atoms with Crippen LogP contribution >= 0.6 is 0 Å². The maximum atomic E-state index is 5.38. The van der Waals surface area contributed by atoms with Crippen molar-refractivity contribution in [2.24, 2.45) is 0 Å². The fraction of sp³-hybridized carbons (Fsp3) is 0.316. The summed E-state index contributed by atoms with van der Waals surface area (Å²) in [7, 11) is 0. The molecular formula is C38H42N4. The summed E-state index contributed by atoms with van der Waals surface area (Å²) in [6.07, 6.45) is 13.9. The van der Waals surface area contributed by atoms with E-state index in [0.717, 1.165) is 79.6 Å². The lowest BCUT2D eigenvalue weighted by molar-refractivity contribution is 0.716. The van der Waals surface area contributed by atoms with Crippen LogP contribution in [0, 0.1) is 0 Å². The lowest BCUT2D eigenvalue weighted by Gasteiger charge is -2.13. The number of fused-ring (bicyclic) bond motifs is 8. The first kappa shape index (κ1) is 28.0. The molecule has 4 heteroatoms. The maximum absolute atomic E-state index is 5.38. The molecular weight excluding hydrogens is 512 g/mol. The normalized spacial score (nSPS) is 12.6. The Hall–Kier alpha value is -4.18. The van der Waals surface area contributed by atoms with Crippen molar-refractivity contribution >= 4 is 45.9 Å². The molecule has 0 aliphatic carbocycles. The van der Waals surface area contributed by atoms with E-state index in [9.17, 15) is 0 Å². The fourth-order valence-electron chi connectivity index (χ4n) is 6.55. The molecule has 3 aromatic heterocycles. The molecule has 0 unspecified atom stereocenters. The van der Waals surface area contributed by atoms with Crippen LogP contribution in [0.3, 0.4) is 0 Å². The van der Waals surface area contributed by atoms with Gasteiger partial charge in [-0.3, -0.25) is 0 Å². The molecule has 2 aliphatic rings. The van der Waals surface area contributed by atoms with Gasteiger partial charge in [-0.15, -0.1) is 0 Å². The van der Waals surface area contributed by atoms with E-state index in [2.05, 4.69) is 116 Å². The number of benzene rings is 1. The Morgan fingerprint density at radius 2 is 1.33 bits per heavy atom. The second kappa shape index (κ2) is 12.4. The SMILES string of the molecule is CCCC1=Cc2cc3ccc(cc4nc(cc5c(-c6ccccc6)c(CCC)c(c(CCC)c1n2)n5CCC)C=C4)[nH]3. The maximum Gasteiger partial charge on any atom is 0.0722 e. The van der Waals surface area contributed by atoms with E-state index < -0.39 is 0 Å². The molecule has 0 fully saturated rings. The van der Waals surface area contributed by atoms with Crippen LogP contribution in [0.4, 0.5) is 0 Å². The Bertz CT molecular complexity index is 1820. The van der Waals surface area contributed by atoms with Crippen molar-refractivity contribution < 1.29 is 0 Å². The van der Waals surface area contributed by atoms with Crippen LogP contribution in [-0.4, -0.2) is 19.5 Å². The molecule has 42 heavy (non-hydrogen) atoms. The van der Waals surface area contributed by atoms with Gasteiger partial charge in [0.2, 0.25) is 0 Å². The van der Waals surface area contributed by atoms with Gasteiger partial charge in [-0.2, -0.15) is 0 Å². The molecule has 5 heterocycles. The van der Waals surface area contributed by atoms with E-state index in [4.69, 9.17) is 9.97 Å². The molecule has 0 amide bonds. The number of hydrogen-bond acceptors (Lipinski definition) is 2. The van der Waals surface area contributed by atoms with Crippen LogP contribution in [0.5, 0.6) is 0 Å². The van der Waals surface area contributed by atoms with E-state index in [0.29, 0.717) is 0 Å². The lowest BCUT2D eigenvalue weighted by Crippen LogP contribution is -2.03. The molecule has 8 bridgehead atoms. The Kier molecular flexibility index (Phi) is 8.23. The molecule has 0 atom stereocenters. The summed E-state index contributed by atoms with van der Waals surface area (Å²) >= 11 is 0. The van der Waals surface area contributed by atoms with Crippen molar-refractivity contribution in [1.82, 2.24) is 19.5 Å². The number of aromatic nitrogens is 4. The van der Waals surface area contributed by atoms with E-state index in [1.807, 2.05) is 0 Å². The number of nitrogens with zero attached hydrogens (tertiary/aromatic N) is 3. The number of hydrogen-bond donors (Lipinski definition) is 1. The Labute approximate surface area is 249 Å². The van der Waals surface area contributed by atoms with E-state index >= 15 is 0 Å². The minimum Gasteiger partial charge on any atom is -0.355 e. The van der Waals surface area contributed by atoms with Gasteiger partial charge in [0.15, 0.2) is 0 Å². The first-order valence-corrected chi connectivity index (χ1v) is 15.8. The number of H-pyrrole nitrogens is 1. The summed E-state index contributed by atoms with van der Waals surface area (Å²) in [5.41, 5.74) is 15.7. The largest absolute Gasteiger partial charge is 0.355 e. The van der Waals surface area contributed by atoms with Crippen LogP contribution in [-0.2, 0) is 19.4 Å². The monoisotopic (exact) mass is 554 g/mol. The van der Waals surface area contributed by atoms with Gasteiger partial charge in [-0.1, -0.05) is 77.3 Å². The summed E-state index contributed by atoms with van der Waals surface area (Å²) in [5, 5.41) is 0. The van der Waals surface area contributed by atoms with Crippen LogP contribution < -0.4 is 0 Å². The number of allylic oxidation sites excluding steroid dienone is 1. The van der Waals surface area contributed by atoms with Gasteiger partial charge >= 0.3 is 0 Å². The van der Waals surface area contributed by atoms with E-state index in [1.165, 1.54) is 44.6 Å². The molecule has 0 saturated carbocycles. The quantitative estimate of drug-likeness (QED) is 0.197. The lowest BCUT2D eigenvalue weighted by atomic mass is 9.94. The van der Waals surface area contributed by atoms with Crippen LogP contribution in [0.1, 0.15) is 93.7 Å². The van der Waals surface area contributed by atoms with Crippen LogP contribution in [0.25, 0.3) is 57.0 Å². The Balaban J connectivity index is 1.87. The average Bonchev–Trinajstić information content (AvgIpc) is 3.77. The van der Waals surface area contributed by atoms with E-state index in [1.54, 1.807) is 0 Å². The van der Waals surface area contributed by atoms with Gasteiger partial charge < -0.3 is 9.55 Å². The molecule has 4 aromatic rings. The Morgan fingerprint density at radius 3 is 2.02 bits per heavy atom. The molecule has 1 N–H and O–H groups in total. The molecule has 0 saturated heterocycles. The van der Waals surface area contributed by atoms with Gasteiger partial charge in [0, 0.05) is 28.7 Å². The van der Waals surface area contributed by atoms with Gasteiger partial charge in [0.1, 0.15) is 0 Å². The van der Waals surface area contributed by atoms with Crippen molar-refractivity contribution in [3.63, 3.8) is 0 Å². The first-order valence-electron chi connectivity index (χ1n) is 15.8. The zero-order chi connectivity index (χ0) is 29.1. The molecule has 0 spiro atoms. The van der Waals surface area contributed by atoms with Crippen molar-refractivity contribution in [2.75, 3.05) is 0 Å². The molecule has 214 valence electrons. The summed E-state index contributed by atoms with van der Waals surface area (Å²) in [4.78, 5) is 14.0. The van der Waals surface area contributed by atoms with Gasteiger partial charge in [0.05, 0.1) is 33.8 Å². The number of rotatable bonds is 9. The number of nitrogens with one attached hydrogen (secondary N) is 1. The summed E-state index contributed by atoms with van der Waals surface area (Å²) in [6.45, 7) is 10.1. The zero-order valence-electron chi connectivity index (χ0n) is 25.5. The molecule has 4 nitrogen and oxygen atoms in total. The topological polar surface area (TPSA) is 46.5 Å². The Morgan fingerprint density at radius 1 is 0.667 bits per heavy atom. The molecule has 2 aliphatic heterocycles. The van der Waals surface area contributed by atoms with Crippen molar-refractivity contribution in [2.45, 2.75) is 79.2 Å². The molecule has 0 radical (unpaired) electrons. The third-order valence-electron chi connectivity index (χ3n) is 8.18. The van der Waals surface area contributed by atoms with Gasteiger partial charge in [0.25, 0.3) is 0 Å². The average molecular weight is 555 g/mol. The van der Waals surface area contributed by atoms with Crippen molar-refractivity contribution in [1.29, 1.82) is 0 Å². The number of aryl methyl sites for hydroxylation is 3. The second-order valence-corrected chi connectivity index (χ2v) is 11.5. The third-order valence-corrected chi connectivity index (χ3v) is 8.18. The standard InChI is InChI=1S/C38H42N4/c1-5-12-27-22-32-24-30-18-17-28(39-30)23-29-19-20-31(40-29)25-35-36(26-15-10-9-11-16-26)33(13-6-2)38(42(35)21-8-4)34(14-7-3)37(27)41-32/h9-11,15-20,22-25,39H,5-8,12-14,21H2,1-4H3. The minimum absolute atomic E-state index is 0.949. The first-order chi connectivity index (χ1) is 20.6. The predicted octanol–water partition coefficient (Wildman–Crippen LogP) is 10.3. The fourth-order valence-corrected chi connectivity index (χ4v) is 6.55. The zero-order valence-corrected chi connectivity index (χ0v) is 25.5.